The van der Waals surface area contributed by atoms with Crippen LogP contribution in [0.1, 0.15) is 11.1 Å². The minimum Gasteiger partial charge on any atom is -0.508 e. The molecule has 0 bridgehead atoms. The van der Waals surface area contributed by atoms with E-state index in [-0.39, 0.29) is 11.5 Å². The van der Waals surface area contributed by atoms with Crippen LogP contribution in [0.5, 0.6) is 0 Å². The predicted octanol–water partition coefficient (Wildman–Crippen LogP) is 6.53. The van der Waals surface area contributed by atoms with Crippen molar-refractivity contribution in [2.75, 3.05) is 0 Å². The quantitative estimate of drug-likeness (QED) is 0.0933. The molecule has 3 N–H and O–H groups in total. The van der Waals surface area contributed by atoms with Crippen molar-refractivity contribution < 1.29 is 9.90 Å². The molecule has 4 rings (SSSR count). The molecule has 0 spiro atoms. The molecule has 2 aromatic carbocycles. The molecule has 0 aliphatic heterocycles. The molecule has 0 saturated carbocycles. The number of hydrogen-bond donors (Lipinski definition) is 3. The van der Waals surface area contributed by atoms with Gasteiger partial charge in [0, 0.05) is 50.1 Å². The number of nitriles is 2. The SMILES string of the molecule is N#CSc1c[nH]c2ccc(/C=C/C(=O)/C=C(O)/C=C/c3ccc4[nH]cc(SC#N)c4c3)cc12. The molecular formula is C25H16N4O2S2. The van der Waals surface area contributed by atoms with Crippen LogP contribution in [-0.2, 0) is 4.79 Å². The lowest BCUT2D eigenvalue weighted by Crippen LogP contribution is -1.88. The van der Waals surface area contributed by atoms with Crippen molar-refractivity contribution in [1.82, 2.24) is 9.97 Å². The molecule has 0 aliphatic carbocycles. The zero-order valence-electron chi connectivity index (χ0n) is 17.1. The number of nitrogens with zero attached hydrogens (tertiary/aromatic N) is 2. The molecule has 0 unspecified atom stereocenters. The van der Waals surface area contributed by atoms with Gasteiger partial charge in [-0.3, -0.25) is 4.79 Å². The minimum absolute atomic E-state index is 0.167. The lowest BCUT2D eigenvalue weighted by atomic mass is 10.1. The summed E-state index contributed by atoms with van der Waals surface area (Å²) in [5.41, 5.74) is 3.47. The predicted molar refractivity (Wildman–Crippen MR) is 133 cm³/mol. The number of fused-ring (bicyclic) bond motifs is 2. The number of rotatable bonds is 7. The molecule has 0 saturated heterocycles. The van der Waals surface area contributed by atoms with Gasteiger partial charge in [0.1, 0.15) is 16.6 Å². The van der Waals surface area contributed by atoms with Gasteiger partial charge in [0.05, 0.1) is 0 Å². The standard InChI is InChI=1S/C25H16N4O2S2/c26-14-32-24-12-28-22-7-3-16(9-20(22)24)1-5-18(30)11-19(31)6-2-17-4-8-23-21(10-17)25(13-29-23)33-15-27/h1-13,28-30H/b5-1+,6-2+,18-11-. The van der Waals surface area contributed by atoms with Crippen LogP contribution in [0.4, 0.5) is 0 Å². The van der Waals surface area contributed by atoms with Crippen molar-refractivity contribution in [1.29, 1.82) is 10.5 Å². The molecule has 2 aromatic heterocycles. The van der Waals surface area contributed by atoms with E-state index in [9.17, 15) is 9.90 Å². The maximum Gasteiger partial charge on any atom is 0.182 e. The Kier molecular flexibility index (Phi) is 6.70. The van der Waals surface area contributed by atoms with Gasteiger partial charge < -0.3 is 15.1 Å². The third-order valence-corrected chi connectivity index (χ3v) is 6.12. The van der Waals surface area contributed by atoms with Crippen molar-refractivity contribution in [3.63, 3.8) is 0 Å². The van der Waals surface area contributed by atoms with E-state index in [1.165, 1.54) is 12.2 Å². The van der Waals surface area contributed by atoms with Gasteiger partial charge in [-0.15, -0.1) is 0 Å². The highest BCUT2D eigenvalue weighted by atomic mass is 32.2. The smallest absolute Gasteiger partial charge is 0.182 e. The van der Waals surface area contributed by atoms with Crippen LogP contribution in [0, 0.1) is 21.3 Å². The van der Waals surface area contributed by atoms with Crippen LogP contribution in [0.2, 0.25) is 0 Å². The molecular weight excluding hydrogens is 452 g/mol. The topological polar surface area (TPSA) is 116 Å². The second-order valence-corrected chi connectivity index (χ2v) is 8.59. The van der Waals surface area contributed by atoms with Crippen molar-refractivity contribution in [2.24, 2.45) is 0 Å². The number of benzene rings is 2. The largest absolute Gasteiger partial charge is 0.508 e. The van der Waals surface area contributed by atoms with Gasteiger partial charge in [0.25, 0.3) is 0 Å². The number of thiocyanates is 2. The molecule has 4 aromatic rings. The van der Waals surface area contributed by atoms with E-state index in [1.807, 2.05) is 36.4 Å². The Morgan fingerprint density at radius 1 is 0.848 bits per heavy atom. The number of carbonyl (C=O) groups excluding carboxylic acids is 1. The maximum atomic E-state index is 12.2. The van der Waals surface area contributed by atoms with Gasteiger partial charge in [-0.25, -0.2) is 0 Å². The van der Waals surface area contributed by atoms with Crippen molar-refractivity contribution in [3.05, 3.63) is 83.9 Å². The van der Waals surface area contributed by atoms with Crippen LogP contribution >= 0.6 is 23.5 Å². The second kappa shape index (κ2) is 10.0. The van der Waals surface area contributed by atoms with E-state index in [2.05, 4.69) is 20.8 Å². The number of H-pyrrole nitrogens is 2. The van der Waals surface area contributed by atoms with Gasteiger partial charge >= 0.3 is 0 Å². The Morgan fingerprint density at radius 2 is 1.36 bits per heavy atom. The van der Waals surface area contributed by atoms with E-state index in [4.69, 9.17) is 10.5 Å². The van der Waals surface area contributed by atoms with Gasteiger partial charge in [-0.05, 0) is 71.1 Å². The zero-order chi connectivity index (χ0) is 23.2. The van der Waals surface area contributed by atoms with Crippen LogP contribution in [0.15, 0.2) is 82.6 Å². The number of carbonyl (C=O) groups is 1. The molecule has 2 heterocycles. The maximum absolute atomic E-state index is 12.2. The molecule has 160 valence electrons. The van der Waals surface area contributed by atoms with Crippen molar-refractivity contribution in [3.8, 4) is 10.8 Å². The van der Waals surface area contributed by atoms with E-state index in [0.717, 1.165) is 72.3 Å². The van der Waals surface area contributed by atoms with Gasteiger partial charge in [0.2, 0.25) is 0 Å². The van der Waals surface area contributed by atoms with Crippen molar-refractivity contribution >= 4 is 63.3 Å². The molecule has 0 amide bonds. The summed E-state index contributed by atoms with van der Waals surface area (Å²) < 4.78 is 0. The average Bonchev–Trinajstić information content (AvgIpc) is 3.40. The summed E-state index contributed by atoms with van der Waals surface area (Å²) in [5, 5.41) is 33.9. The highest BCUT2D eigenvalue weighted by molar-refractivity contribution is 8.04. The molecule has 0 aliphatic rings. The normalized spacial score (nSPS) is 12.0. The van der Waals surface area contributed by atoms with Gasteiger partial charge in [-0.2, -0.15) is 10.5 Å². The van der Waals surface area contributed by atoms with E-state index >= 15 is 0 Å². The number of aliphatic hydroxyl groups is 1. The third-order valence-electron chi connectivity index (χ3n) is 4.82. The van der Waals surface area contributed by atoms with Crippen LogP contribution in [0.3, 0.4) is 0 Å². The first-order valence-electron chi connectivity index (χ1n) is 9.72. The fourth-order valence-electron chi connectivity index (χ4n) is 3.30. The monoisotopic (exact) mass is 468 g/mol. The summed E-state index contributed by atoms with van der Waals surface area (Å²) in [6.07, 6.45) is 10.9. The molecule has 8 heteroatoms. The number of hydrogen-bond acceptors (Lipinski definition) is 6. The fourth-order valence-corrected chi connectivity index (χ4v) is 4.29. The van der Waals surface area contributed by atoms with E-state index in [1.54, 1.807) is 24.5 Å². The summed E-state index contributed by atoms with van der Waals surface area (Å²) in [4.78, 5) is 20.1. The summed E-state index contributed by atoms with van der Waals surface area (Å²) in [5.74, 6) is -0.522. The zero-order valence-corrected chi connectivity index (χ0v) is 18.7. The lowest BCUT2D eigenvalue weighted by Gasteiger charge is -1.97. The first kappa shape index (κ1) is 22.1. The number of aromatic nitrogens is 2. The highest BCUT2D eigenvalue weighted by Crippen LogP contribution is 2.29. The Hall–Kier alpha value is -4.11. The third kappa shape index (κ3) is 5.21. The van der Waals surface area contributed by atoms with Crippen LogP contribution in [-0.4, -0.2) is 20.9 Å². The summed E-state index contributed by atoms with van der Waals surface area (Å²) in [6.45, 7) is 0. The van der Waals surface area contributed by atoms with Crippen molar-refractivity contribution in [2.45, 2.75) is 9.79 Å². The Morgan fingerprint density at radius 3 is 1.88 bits per heavy atom. The van der Waals surface area contributed by atoms with E-state index < -0.39 is 0 Å². The highest BCUT2D eigenvalue weighted by Gasteiger charge is 2.06. The van der Waals surface area contributed by atoms with Crippen LogP contribution in [0.25, 0.3) is 34.0 Å². The number of allylic oxidation sites excluding steroid dienone is 3. The molecule has 0 radical (unpaired) electrons. The van der Waals surface area contributed by atoms with Gasteiger partial charge in [0.15, 0.2) is 5.78 Å². The number of ketones is 1. The summed E-state index contributed by atoms with van der Waals surface area (Å²) in [6, 6.07) is 11.3. The fraction of sp³-hybridized carbons (Fsp3) is 0. The summed E-state index contributed by atoms with van der Waals surface area (Å²) in [7, 11) is 0. The lowest BCUT2D eigenvalue weighted by molar-refractivity contribution is -0.110. The average molecular weight is 469 g/mol. The first-order chi connectivity index (χ1) is 16.1. The summed E-state index contributed by atoms with van der Waals surface area (Å²) >= 11 is 2.16. The molecule has 0 atom stereocenters. The second-order valence-electron chi connectivity index (χ2n) is 6.94. The molecule has 6 nitrogen and oxygen atoms in total. The Bertz CT molecular complexity index is 1530. The van der Waals surface area contributed by atoms with E-state index in [0.29, 0.717) is 0 Å². The number of thioether (sulfide) groups is 2. The minimum atomic E-state index is -0.355. The number of aliphatic hydroxyl groups excluding tert-OH is 1. The van der Waals surface area contributed by atoms with Crippen LogP contribution < -0.4 is 0 Å². The number of nitrogens with one attached hydrogen (secondary N) is 2. The molecule has 0 fully saturated rings. The Balaban J connectivity index is 1.46. The number of aromatic amines is 2. The Labute approximate surface area is 197 Å². The first-order valence-corrected chi connectivity index (χ1v) is 11.4. The molecule has 33 heavy (non-hydrogen) atoms. The van der Waals surface area contributed by atoms with Gasteiger partial charge in [-0.1, -0.05) is 24.3 Å².